The Hall–Kier alpha value is -5.81. The molecule has 1 amide bonds. The van der Waals surface area contributed by atoms with Crippen molar-refractivity contribution in [3.05, 3.63) is 111 Å². The first-order valence-corrected chi connectivity index (χ1v) is 26.1. The first-order chi connectivity index (χ1) is 33.0. The van der Waals surface area contributed by atoms with Gasteiger partial charge in [0.15, 0.2) is 11.4 Å². The number of hydrogen-bond acceptors (Lipinski definition) is 14. The van der Waals surface area contributed by atoms with Crippen LogP contribution in [0.3, 0.4) is 0 Å². The van der Waals surface area contributed by atoms with Crippen LogP contribution in [-0.2, 0) is 25.0 Å². The maximum atomic E-state index is 14.1. The van der Waals surface area contributed by atoms with Crippen molar-refractivity contribution >= 4 is 71.4 Å². The number of aromatic amines is 1. The number of ether oxygens (including phenoxy) is 3. The summed E-state index contributed by atoms with van der Waals surface area (Å²) in [7, 11) is -8.50. The third-order valence-electron chi connectivity index (χ3n) is 13.0. The Morgan fingerprint density at radius 2 is 1.77 bits per heavy atom. The number of H-pyrrole nitrogens is 1. The van der Waals surface area contributed by atoms with Crippen molar-refractivity contribution in [3.63, 3.8) is 0 Å². The highest BCUT2D eigenvalue weighted by Gasteiger charge is 2.34. The van der Waals surface area contributed by atoms with Crippen molar-refractivity contribution in [1.82, 2.24) is 28.6 Å². The van der Waals surface area contributed by atoms with Crippen LogP contribution in [0.4, 0.5) is 17.1 Å². The number of nitrogens with zero attached hydrogens (tertiary/aromatic N) is 5. The summed E-state index contributed by atoms with van der Waals surface area (Å²) in [6.07, 6.45) is 6.57. The van der Waals surface area contributed by atoms with E-state index in [0.29, 0.717) is 42.7 Å². The fraction of sp³-hybridized carbons (Fsp3) is 0.404. The predicted molar refractivity (Wildman–Crippen MR) is 262 cm³/mol. The van der Waals surface area contributed by atoms with Crippen molar-refractivity contribution in [3.8, 4) is 17.2 Å². The number of nitrogens with one attached hydrogen (secondary N) is 4. The molecular weight excluding hydrogens is 950 g/mol. The number of benzene rings is 3. The van der Waals surface area contributed by atoms with Crippen LogP contribution in [0.2, 0.25) is 5.02 Å². The molecule has 22 heteroatoms. The molecule has 2 saturated heterocycles. The Morgan fingerprint density at radius 3 is 2.52 bits per heavy atom. The summed E-state index contributed by atoms with van der Waals surface area (Å²) in [5.74, 6) is -0.769. The van der Waals surface area contributed by atoms with Gasteiger partial charge in [-0.1, -0.05) is 43.2 Å². The lowest BCUT2D eigenvalue weighted by Crippen LogP contribution is -2.47. The van der Waals surface area contributed by atoms with Gasteiger partial charge >= 0.3 is 0 Å². The third kappa shape index (κ3) is 11.1. The average Bonchev–Trinajstić information content (AvgIpc) is 3.80. The maximum absolute atomic E-state index is 14.1. The van der Waals surface area contributed by atoms with Gasteiger partial charge in [-0.3, -0.25) is 19.8 Å². The van der Waals surface area contributed by atoms with Gasteiger partial charge in [-0.15, -0.1) is 0 Å². The molecule has 0 bridgehead atoms. The van der Waals surface area contributed by atoms with Crippen molar-refractivity contribution in [2.75, 3.05) is 82.4 Å². The van der Waals surface area contributed by atoms with Gasteiger partial charge in [-0.05, 0) is 78.6 Å². The number of anilines is 2. The minimum atomic E-state index is -4.74. The van der Waals surface area contributed by atoms with Gasteiger partial charge in [0, 0.05) is 92.9 Å². The number of halogens is 1. The van der Waals surface area contributed by atoms with Gasteiger partial charge < -0.3 is 29.4 Å². The van der Waals surface area contributed by atoms with Crippen LogP contribution in [0.5, 0.6) is 17.2 Å². The van der Waals surface area contributed by atoms with Gasteiger partial charge in [0.2, 0.25) is 0 Å². The molecule has 0 saturated carbocycles. The summed E-state index contributed by atoms with van der Waals surface area (Å²) in [5, 5.41) is 16.8. The van der Waals surface area contributed by atoms with Crippen molar-refractivity contribution in [2.24, 2.45) is 5.41 Å². The van der Waals surface area contributed by atoms with Crippen LogP contribution in [0.25, 0.3) is 16.6 Å². The summed E-state index contributed by atoms with van der Waals surface area (Å²) in [5.41, 5.74) is 4.86. The van der Waals surface area contributed by atoms with E-state index in [1.165, 1.54) is 33.3 Å². The number of carbonyl (C=O) groups excluding carboxylic acids is 1. The highest BCUT2D eigenvalue weighted by molar-refractivity contribution is 7.90. The van der Waals surface area contributed by atoms with E-state index < -0.39 is 47.7 Å². The topological polar surface area (TPSA) is 231 Å². The molecule has 0 radical (unpaired) electrons. The van der Waals surface area contributed by atoms with E-state index in [2.05, 4.69) is 60.5 Å². The van der Waals surface area contributed by atoms with E-state index in [1.807, 2.05) is 18.2 Å². The Bertz CT molecular complexity index is 3010. The van der Waals surface area contributed by atoms with Crippen LogP contribution >= 0.6 is 11.6 Å². The van der Waals surface area contributed by atoms with E-state index >= 15 is 0 Å². The monoisotopic (exact) mass is 1000 g/mol. The molecular formula is C47H54ClN9O10S2. The number of morpholine rings is 1. The fourth-order valence-corrected chi connectivity index (χ4v) is 11.5. The van der Waals surface area contributed by atoms with E-state index in [4.69, 9.17) is 25.8 Å². The smallest absolute Gasteiger partial charge is 0.297 e. The molecule has 19 nitrogen and oxygen atoms in total. The number of allylic oxidation sites excluding steroid dienone is 1. The number of amides is 1. The molecule has 69 heavy (non-hydrogen) atoms. The number of fused-ring (bicyclic) bond motifs is 2. The van der Waals surface area contributed by atoms with E-state index in [9.17, 15) is 31.7 Å². The first kappa shape index (κ1) is 48.2. The summed E-state index contributed by atoms with van der Waals surface area (Å²) < 4.78 is 76.6. The van der Waals surface area contributed by atoms with E-state index in [-0.39, 0.29) is 60.8 Å². The average molecular weight is 1000 g/mol. The molecule has 3 aliphatic heterocycles. The SMILES string of the molecule is CC1(C)CCC(CN2CCN(c3ccc(C(=O)NS(=O)(=O)c4cc5c(c([N+](=O)[O-])c4)N[C@H](CCNS(=O)(=O)N4CCOCC4)CO5)c(Oc4cnc5[nH]ccc5c4)c3)CC2)=C(c2ccc(Cl)cc2)C1. The molecule has 2 aromatic heterocycles. The normalized spacial score (nSPS) is 19.1. The number of nitro groups is 1. The molecule has 4 aliphatic rings. The summed E-state index contributed by atoms with van der Waals surface area (Å²) in [4.78, 5) is 37.2. The molecule has 9 rings (SSSR count). The minimum absolute atomic E-state index is 0.00740. The first-order valence-electron chi connectivity index (χ1n) is 22.8. The van der Waals surface area contributed by atoms with Gasteiger partial charge in [-0.25, -0.2) is 22.8 Å². The van der Waals surface area contributed by atoms with Gasteiger partial charge in [0.25, 0.3) is 31.8 Å². The van der Waals surface area contributed by atoms with Gasteiger partial charge in [0.05, 0.1) is 40.8 Å². The van der Waals surface area contributed by atoms with Crippen LogP contribution in [0.1, 0.15) is 55.5 Å². The summed E-state index contributed by atoms with van der Waals surface area (Å²) >= 11 is 6.25. The van der Waals surface area contributed by atoms with Crippen LogP contribution < -0.4 is 29.1 Å². The number of aromatic nitrogens is 2. The maximum Gasteiger partial charge on any atom is 0.297 e. The van der Waals surface area contributed by atoms with E-state index in [0.717, 1.165) is 62.1 Å². The van der Waals surface area contributed by atoms with Gasteiger partial charge in [0.1, 0.15) is 23.8 Å². The van der Waals surface area contributed by atoms with Crippen LogP contribution in [-0.4, -0.2) is 125 Å². The number of sulfonamides is 1. The number of pyridine rings is 1. The lowest BCUT2D eigenvalue weighted by molar-refractivity contribution is -0.384. The van der Waals surface area contributed by atoms with Crippen LogP contribution in [0.15, 0.2) is 89.6 Å². The molecule has 5 aromatic rings. The minimum Gasteiger partial charge on any atom is -0.489 e. The second kappa shape index (κ2) is 19.9. The quantitative estimate of drug-likeness (QED) is 0.0644. The number of piperazine rings is 1. The lowest BCUT2D eigenvalue weighted by Gasteiger charge is -2.39. The lowest BCUT2D eigenvalue weighted by atomic mass is 9.72. The third-order valence-corrected chi connectivity index (χ3v) is 16.2. The molecule has 3 aromatic carbocycles. The fourth-order valence-electron chi connectivity index (χ4n) is 9.18. The molecule has 366 valence electrons. The zero-order valence-corrected chi connectivity index (χ0v) is 40.6. The second-order valence-corrected chi connectivity index (χ2v) is 22.3. The van der Waals surface area contributed by atoms with E-state index in [1.54, 1.807) is 24.4 Å². The number of carbonyl (C=O) groups is 1. The predicted octanol–water partition coefficient (Wildman–Crippen LogP) is 6.55. The van der Waals surface area contributed by atoms with Crippen molar-refractivity contribution in [1.29, 1.82) is 0 Å². The van der Waals surface area contributed by atoms with Crippen molar-refractivity contribution < 1.29 is 40.8 Å². The molecule has 4 N–H and O–H groups in total. The second-order valence-electron chi connectivity index (χ2n) is 18.4. The standard InChI is InChI=1S/C47H54ClN9O10S2/c1-47(2)12-9-33(40(27-47)31-3-5-34(48)6-4-31)29-54-15-17-55(18-16-54)36-7-8-39(42(24-36)67-37-23-32-10-13-49-45(32)50-28-37)46(58)53-68(61,62)38-25-41(57(59)60)44-43(26-38)66-30-35(52-44)11-14-51-69(63,64)56-19-21-65-22-20-56/h3-8,10,13,23-26,28,35,51-52H,9,11-12,14-22,27,29-30H2,1-2H3,(H,49,50)(H,53,58)/t35-/m1/s1. The van der Waals surface area contributed by atoms with Crippen LogP contribution in [0, 0.1) is 15.5 Å². The number of hydrogen-bond donors (Lipinski definition) is 4. The van der Waals surface area contributed by atoms with Gasteiger partial charge in [-0.2, -0.15) is 12.7 Å². The largest absolute Gasteiger partial charge is 0.489 e. The zero-order chi connectivity index (χ0) is 48.5. The molecule has 5 heterocycles. The molecule has 0 unspecified atom stereocenters. The Balaban J connectivity index is 0.909. The Kier molecular flexibility index (Phi) is 13.9. The summed E-state index contributed by atoms with van der Waals surface area (Å²) in [6.45, 7) is 9.43. The molecule has 0 spiro atoms. The number of nitro benzene ring substituents is 1. The summed E-state index contributed by atoms with van der Waals surface area (Å²) in [6, 6.07) is 18.0. The number of rotatable bonds is 15. The highest BCUT2D eigenvalue weighted by atomic mass is 35.5. The highest BCUT2D eigenvalue weighted by Crippen LogP contribution is 2.44. The zero-order valence-electron chi connectivity index (χ0n) is 38.2. The molecule has 1 aliphatic carbocycles. The molecule has 2 fully saturated rings. The molecule has 1 atom stereocenters. The van der Waals surface area contributed by atoms with Crippen molar-refractivity contribution in [2.45, 2.75) is 50.5 Å². The Labute approximate surface area is 405 Å². The Morgan fingerprint density at radius 1 is 1.00 bits per heavy atom.